The number of anilines is 1. The van der Waals surface area contributed by atoms with Crippen LogP contribution < -0.4 is 10.1 Å². The molecule has 150 valence electrons. The van der Waals surface area contributed by atoms with Crippen molar-refractivity contribution in [1.29, 1.82) is 0 Å². The lowest BCUT2D eigenvalue weighted by molar-refractivity contribution is -0.135. The van der Waals surface area contributed by atoms with Crippen LogP contribution in [0.5, 0.6) is 5.75 Å². The van der Waals surface area contributed by atoms with Crippen molar-refractivity contribution in [2.45, 2.75) is 13.3 Å². The van der Waals surface area contributed by atoms with E-state index in [0.29, 0.717) is 56.5 Å². The highest BCUT2D eigenvalue weighted by atomic mass is 19.1. The highest BCUT2D eigenvalue weighted by Gasteiger charge is 2.21. The number of amides is 2. The molecule has 1 aromatic carbocycles. The zero-order valence-electron chi connectivity index (χ0n) is 15.7. The number of nitrogens with zero attached hydrogens (tertiary/aromatic N) is 3. The second-order valence-corrected chi connectivity index (χ2v) is 6.59. The Balaban J connectivity index is 1.33. The third-order valence-electron chi connectivity index (χ3n) is 4.45. The highest BCUT2D eigenvalue weighted by molar-refractivity contribution is 5.89. The lowest BCUT2D eigenvalue weighted by Crippen LogP contribution is -2.50. The molecule has 1 fully saturated rings. The van der Waals surface area contributed by atoms with Crippen LogP contribution in [0, 0.1) is 12.7 Å². The van der Waals surface area contributed by atoms with E-state index in [1.54, 1.807) is 17.9 Å². The van der Waals surface area contributed by atoms with Gasteiger partial charge in [-0.2, -0.15) is 0 Å². The SMILES string of the molecule is Cc1cc(NC(=O)CCN2CCN(C(=O)COc3ccc(F)cc3)CC2)no1. The largest absolute Gasteiger partial charge is 0.484 e. The first kappa shape index (κ1) is 19.8. The van der Waals surface area contributed by atoms with E-state index < -0.39 is 0 Å². The van der Waals surface area contributed by atoms with Crippen molar-refractivity contribution in [2.75, 3.05) is 44.6 Å². The van der Waals surface area contributed by atoms with Gasteiger partial charge in [0.25, 0.3) is 5.91 Å². The molecule has 28 heavy (non-hydrogen) atoms. The number of carbonyl (C=O) groups excluding carboxylic acids is 2. The zero-order chi connectivity index (χ0) is 19.9. The molecule has 2 amide bonds. The Morgan fingerprint density at radius 2 is 1.93 bits per heavy atom. The average molecular weight is 390 g/mol. The van der Waals surface area contributed by atoms with E-state index in [1.165, 1.54) is 24.3 Å². The minimum Gasteiger partial charge on any atom is -0.484 e. The normalized spacial score (nSPS) is 14.7. The molecule has 1 aliphatic rings. The maximum Gasteiger partial charge on any atom is 0.260 e. The Bertz CT molecular complexity index is 801. The molecule has 9 heteroatoms. The molecular formula is C19H23FN4O4. The molecule has 1 N–H and O–H groups in total. The van der Waals surface area contributed by atoms with Gasteiger partial charge in [0.1, 0.15) is 17.3 Å². The monoisotopic (exact) mass is 390 g/mol. The summed E-state index contributed by atoms with van der Waals surface area (Å²) in [6.07, 6.45) is 0.341. The maximum atomic E-state index is 12.9. The van der Waals surface area contributed by atoms with E-state index in [2.05, 4.69) is 15.4 Å². The first-order chi connectivity index (χ1) is 13.5. The van der Waals surface area contributed by atoms with E-state index in [-0.39, 0.29) is 24.2 Å². The number of ether oxygens (including phenoxy) is 1. The first-order valence-corrected chi connectivity index (χ1v) is 9.11. The lowest BCUT2D eigenvalue weighted by Gasteiger charge is -2.34. The van der Waals surface area contributed by atoms with Crippen LogP contribution in [0.4, 0.5) is 10.2 Å². The standard InChI is InChI=1S/C19H23FN4O4/c1-14-12-17(22-28-14)21-18(25)6-7-23-8-10-24(11-9-23)19(26)13-27-16-4-2-15(20)3-5-16/h2-5,12H,6-11,13H2,1H3,(H,21,22,25). The Morgan fingerprint density at radius 3 is 2.57 bits per heavy atom. The van der Waals surface area contributed by atoms with Gasteiger partial charge in [0.05, 0.1) is 0 Å². The molecule has 0 saturated carbocycles. The number of carbonyl (C=O) groups is 2. The van der Waals surface area contributed by atoms with Gasteiger partial charge in [-0.1, -0.05) is 5.16 Å². The zero-order valence-corrected chi connectivity index (χ0v) is 15.7. The van der Waals surface area contributed by atoms with Gasteiger partial charge in [-0.05, 0) is 31.2 Å². The van der Waals surface area contributed by atoms with Crippen molar-refractivity contribution in [3.05, 3.63) is 41.9 Å². The van der Waals surface area contributed by atoms with Crippen LogP contribution in [0.2, 0.25) is 0 Å². The van der Waals surface area contributed by atoms with E-state index in [0.717, 1.165) is 0 Å². The summed E-state index contributed by atoms with van der Waals surface area (Å²) in [6.45, 7) is 4.83. The van der Waals surface area contributed by atoms with Crippen molar-refractivity contribution in [2.24, 2.45) is 0 Å². The molecular weight excluding hydrogens is 367 g/mol. The maximum absolute atomic E-state index is 12.9. The molecule has 0 atom stereocenters. The van der Waals surface area contributed by atoms with Gasteiger partial charge >= 0.3 is 0 Å². The molecule has 0 unspecified atom stereocenters. The van der Waals surface area contributed by atoms with Crippen molar-refractivity contribution in [3.8, 4) is 5.75 Å². The minimum atomic E-state index is -0.348. The smallest absolute Gasteiger partial charge is 0.260 e. The Labute approximate surface area is 162 Å². The van der Waals surface area contributed by atoms with E-state index in [1.807, 2.05) is 0 Å². The number of benzene rings is 1. The molecule has 2 heterocycles. The van der Waals surface area contributed by atoms with Crippen molar-refractivity contribution < 1.29 is 23.2 Å². The molecule has 1 saturated heterocycles. The van der Waals surface area contributed by atoms with Crippen LogP contribution in [0.25, 0.3) is 0 Å². The molecule has 2 aromatic rings. The number of nitrogens with one attached hydrogen (secondary N) is 1. The van der Waals surface area contributed by atoms with Crippen LogP contribution >= 0.6 is 0 Å². The quantitative estimate of drug-likeness (QED) is 0.774. The first-order valence-electron chi connectivity index (χ1n) is 9.11. The number of aromatic nitrogens is 1. The fourth-order valence-corrected chi connectivity index (χ4v) is 2.88. The summed E-state index contributed by atoms with van der Waals surface area (Å²) in [5, 5.41) is 6.42. The predicted octanol–water partition coefficient (Wildman–Crippen LogP) is 1.67. The summed E-state index contributed by atoms with van der Waals surface area (Å²) in [7, 11) is 0. The third-order valence-corrected chi connectivity index (χ3v) is 4.45. The molecule has 0 radical (unpaired) electrons. The van der Waals surface area contributed by atoms with Crippen molar-refractivity contribution in [1.82, 2.24) is 15.0 Å². The summed E-state index contributed by atoms with van der Waals surface area (Å²) >= 11 is 0. The van der Waals surface area contributed by atoms with E-state index in [4.69, 9.17) is 9.26 Å². The van der Waals surface area contributed by atoms with Crippen LogP contribution in [0.15, 0.2) is 34.9 Å². The number of halogens is 1. The molecule has 1 aromatic heterocycles. The Kier molecular flexibility index (Phi) is 6.59. The molecule has 0 spiro atoms. The number of hydrogen-bond donors (Lipinski definition) is 1. The highest BCUT2D eigenvalue weighted by Crippen LogP contribution is 2.12. The average Bonchev–Trinajstić information content (AvgIpc) is 3.10. The second kappa shape index (κ2) is 9.32. The minimum absolute atomic E-state index is 0.0782. The predicted molar refractivity (Wildman–Crippen MR) is 99.4 cm³/mol. The Hall–Kier alpha value is -2.94. The molecule has 8 nitrogen and oxygen atoms in total. The molecule has 0 bridgehead atoms. The van der Waals surface area contributed by atoms with Gasteiger partial charge in [-0.3, -0.25) is 14.5 Å². The number of piperazine rings is 1. The summed E-state index contributed by atoms with van der Waals surface area (Å²) in [6, 6.07) is 7.23. The van der Waals surface area contributed by atoms with Crippen LogP contribution in [-0.2, 0) is 9.59 Å². The van der Waals surface area contributed by atoms with Gasteiger partial charge in [0.15, 0.2) is 12.4 Å². The van der Waals surface area contributed by atoms with E-state index in [9.17, 15) is 14.0 Å². The fourth-order valence-electron chi connectivity index (χ4n) is 2.88. The van der Waals surface area contributed by atoms with E-state index >= 15 is 0 Å². The van der Waals surface area contributed by atoms with Gasteiger partial charge < -0.3 is 19.5 Å². The summed E-state index contributed by atoms with van der Waals surface area (Å²) in [5.41, 5.74) is 0. The van der Waals surface area contributed by atoms with Crippen molar-refractivity contribution in [3.63, 3.8) is 0 Å². The summed E-state index contributed by atoms with van der Waals surface area (Å²) in [5.74, 6) is 0.933. The lowest BCUT2D eigenvalue weighted by atomic mass is 10.2. The second-order valence-electron chi connectivity index (χ2n) is 6.59. The number of rotatable bonds is 7. The molecule has 0 aliphatic carbocycles. The van der Waals surface area contributed by atoms with Crippen LogP contribution in [0.3, 0.4) is 0 Å². The van der Waals surface area contributed by atoms with Crippen molar-refractivity contribution >= 4 is 17.6 Å². The van der Waals surface area contributed by atoms with Gasteiger partial charge in [-0.15, -0.1) is 0 Å². The Morgan fingerprint density at radius 1 is 1.21 bits per heavy atom. The number of aryl methyl sites for hydroxylation is 1. The summed E-state index contributed by atoms with van der Waals surface area (Å²) in [4.78, 5) is 28.1. The van der Waals surface area contributed by atoms with Gasteiger partial charge in [0, 0.05) is 45.2 Å². The molecule has 3 rings (SSSR count). The van der Waals surface area contributed by atoms with Gasteiger partial charge in [0.2, 0.25) is 5.91 Å². The van der Waals surface area contributed by atoms with Gasteiger partial charge in [-0.25, -0.2) is 4.39 Å². The molecule has 1 aliphatic heterocycles. The van der Waals surface area contributed by atoms with Crippen LogP contribution in [-0.4, -0.2) is 66.1 Å². The number of hydrogen-bond acceptors (Lipinski definition) is 6. The third kappa shape index (κ3) is 5.78. The van der Waals surface area contributed by atoms with Crippen LogP contribution in [0.1, 0.15) is 12.2 Å². The summed E-state index contributed by atoms with van der Waals surface area (Å²) < 4.78 is 23.2. The topological polar surface area (TPSA) is 87.9 Å². The fraction of sp³-hybridized carbons (Fsp3) is 0.421.